The monoisotopic (exact) mass is 423 g/mol. The normalized spacial score (nSPS) is 11.3. The molecule has 6 nitrogen and oxygen atoms in total. The Labute approximate surface area is 167 Å². The predicted molar refractivity (Wildman–Crippen MR) is 104 cm³/mol. The average molecular weight is 423 g/mol. The van der Waals surface area contributed by atoms with Crippen molar-refractivity contribution in [3.8, 4) is 5.75 Å². The topological polar surface area (TPSA) is 93.5 Å². The van der Waals surface area contributed by atoms with Crippen LogP contribution in [0.5, 0.6) is 5.75 Å². The number of alkyl halides is 3. The number of hydrogen-bond acceptors (Lipinski definition) is 5. The van der Waals surface area contributed by atoms with Gasteiger partial charge in [0.2, 0.25) is 0 Å². The largest absolute Gasteiger partial charge is 0.484 e. The molecular weight excluding hydrogens is 407 g/mol. The molecule has 0 saturated heterocycles. The highest BCUT2D eigenvalue weighted by Crippen LogP contribution is 2.33. The van der Waals surface area contributed by atoms with Crippen molar-refractivity contribution in [3.05, 3.63) is 58.5 Å². The van der Waals surface area contributed by atoms with Crippen molar-refractivity contribution >= 4 is 38.9 Å². The summed E-state index contributed by atoms with van der Waals surface area (Å²) in [6, 6.07) is 9.42. The van der Waals surface area contributed by atoms with Crippen molar-refractivity contribution in [2.45, 2.75) is 13.1 Å². The van der Waals surface area contributed by atoms with Crippen molar-refractivity contribution < 1.29 is 27.5 Å². The standard InChI is InChI=1S/C19H16F3N3O3S/c1-10-14-6-5-13(8-15(14)29-17(10)18(27)25-23)28-9-16(26)24-12-4-2-3-11(7-12)19(20,21)22/h2-8H,9,23H2,1H3,(H,24,26)(H,25,27). The molecule has 10 heteroatoms. The molecule has 29 heavy (non-hydrogen) atoms. The lowest BCUT2D eigenvalue weighted by atomic mass is 10.1. The number of ether oxygens (including phenoxy) is 1. The molecule has 1 heterocycles. The van der Waals surface area contributed by atoms with Crippen molar-refractivity contribution in [2.24, 2.45) is 5.84 Å². The molecule has 152 valence electrons. The van der Waals surface area contributed by atoms with Gasteiger partial charge in [-0.3, -0.25) is 15.0 Å². The van der Waals surface area contributed by atoms with E-state index in [2.05, 4.69) is 10.7 Å². The van der Waals surface area contributed by atoms with Crippen LogP contribution in [0.4, 0.5) is 18.9 Å². The summed E-state index contributed by atoms with van der Waals surface area (Å²) in [4.78, 5) is 24.3. The number of nitrogens with two attached hydrogens (primary N) is 1. The number of halogens is 3. The highest BCUT2D eigenvalue weighted by atomic mass is 32.1. The minimum absolute atomic E-state index is 0.0233. The van der Waals surface area contributed by atoms with E-state index in [4.69, 9.17) is 10.6 Å². The summed E-state index contributed by atoms with van der Waals surface area (Å²) in [7, 11) is 0. The molecule has 3 aromatic rings. The van der Waals surface area contributed by atoms with Crippen molar-refractivity contribution in [1.82, 2.24) is 5.43 Å². The number of aryl methyl sites for hydroxylation is 1. The quantitative estimate of drug-likeness (QED) is 0.330. The van der Waals surface area contributed by atoms with E-state index in [1.165, 1.54) is 23.5 Å². The van der Waals surface area contributed by atoms with E-state index < -0.39 is 23.6 Å². The second kappa shape index (κ2) is 8.10. The Balaban J connectivity index is 1.67. The molecule has 3 rings (SSSR count). The first kappa shape index (κ1) is 20.6. The third-order valence-electron chi connectivity index (χ3n) is 4.09. The van der Waals surface area contributed by atoms with Gasteiger partial charge in [-0.05, 0) is 54.3 Å². The second-order valence-corrected chi connectivity index (χ2v) is 7.16. The SMILES string of the molecule is Cc1c(C(=O)NN)sc2cc(OCC(=O)Nc3cccc(C(F)(F)F)c3)ccc12. The molecule has 0 saturated carbocycles. The number of amides is 2. The molecule has 0 atom stereocenters. The number of thiophene rings is 1. The van der Waals surface area contributed by atoms with Crippen molar-refractivity contribution in [2.75, 3.05) is 11.9 Å². The van der Waals surface area contributed by atoms with Gasteiger partial charge in [-0.15, -0.1) is 11.3 Å². The number of nitrogens with one attached hydrogen (secondary N) is 2. The summed E-state index contributed by atoms with van der Waals surface area (Å²) in [6.45, 7) is 1.41. The van der Waals surface area contributed by atoms with E-state index >= 15 is 0 Å². The molecule has 0 aliphatic carbocycles. The summed E-state index contributed by atoms with van der Waals surface area (Å²) in [5.74, 6) is 4.57. The summed E-state index contributed by atoms with van der Waals surface area (Å²) in [5.41, 5.74) is 2.04. The molecule has 2 amide bonds. The van der Waals surface area contributed by atoms with Gasteiger partial charge in [0.1, 0.15) is 5.75 Å². The fourth-order valence-corrected chi connectivity index (χ4v) is 3.84. The first-order valence-electron chi connectivity index (χ1n) is 8.33. The van der Waals surface area contributed by atoms with Gasteiger partial charge < -0.3 is 10.1 Å². The molecule has 0 spiro atoms. The molecular formula is C19H16F3N3O3S. The van der Waals surface area contributed by atoms with Crippen molar-refractivity contribution in [1.29, 1.82) is 0 Å². The second-order valence-electron chi connectivity index (χ2n) is 6.10. The first-order valence-corrected chi connectivity index (χ1v) is 9.14. The average Bonchev–Trinajstić information content (AvgIpc) is 3.01. The summed E-state index contributed by atoms with van der Waals surface area (Å²) in [6.07, 6.45) is -4.49. The molecule has 0 unspecified atom stereocenters. The highest BCUT2D eigenvalue weighted by Gasteiger charge is 2.30. The van der Waals surface area contributed by atoms with Crippen LogP contribution in [-0.4, -0.2) is 18.4 Å². The van der Waals surface area contributed by atoms with Gasteiger partial charge in [-0.25, -0.2) is 5.84 Å². The van der Waals surface area contributed by atoms with Gasteiger partial charge in [0.25, 0.3) is 11.8 Å². The zero-order chi connectivity index (χ0) is 21.2. The predicted octanol–water partition coefficient (Wildman–Crippen LogP) is 3.85. The lowest BCUT2D eigenvalue weighted by Gasteiger charge is -2.10. The highest BCUT2D eigenvalue weighted by molar-refractivity contribution is 7.21. The van der Waals surface area contributed by atoms with Gasteiger partial charge in [0, 0.05) is 10.4 Å². The molecule has 0 radical (unpaired) electrons. The summed E-state index contributed by atoms with van der Waals surface area (Å²) >= 11 is 1.23. The minimum atomic E-state index is -4.49. The lowest BCUT2D eigenvalue weighted by Crippen LogP contribution is -2.29. The summed E-state index contributed by atoms with van der Waals surface area (Å²) < 4.78 is 44.4. The maximum absolute atomic E-state index is 12.7. The van der Waals surface area contributed by atoms with E-state index in [0.29, 0.717) is 10.6 Å². The molecule has 0 aliphatic rings. The van der Waals surface area contributed by atoms with Gasteiger partial charge >= 0.3 is 6.18 Å². The van der Waals surface area contributed by atoms with Crippen LogP contribution < -0.4 is 21.3 Å². The zero-order valence-electron chi connectivity index (χ0n) is 15.1. The van der Waals surface area contributed by atoms with Crippen LogP contribution >= 0.6 is 11.3 Å². The van der Waals surface area contributed by atoms with Crippen LogP contribution in [0.25, 0.3) is 10.1 Å². The van der Waals surface area contributed by atoms with E-state index in [1.807, 2.05) is 0 Å². The van der Waals surface area contributed by atoms with Gasteiger partial charge in [0.05, 0.1) is 10.4 Å². The van der Waals surface area contributed by atoms with Crippen LogP contribution in [0.3, 0.4) is 0 Å². The zero-order valence-corrected chi connectivity index (χ0v) is 15.9. The Morgan fingerprint density at radius 3 is 2.62 bits per heavy atom. The van der Waals surface area contributed by atoms with Crippen LogP contribution in [0.2, 0.25) is 0 Å². The Kier molecular flexibility index (Phi) is 5.76. The Bertz CT molecular complexity index is 1080. The number of rotatable bonds is 5. The number of nitrogen functional groups attached to an aromatic ring is 1. The van der Waals surface area contributed by atoms with Crippen LogP contribution in [0.1, 0.15) is 20.8 Å². The van der Waals surface area contributed by atoms with Gasteiger partial charge in [0.15, 0.2) is 6.61 Å². The van der Waals surface area contributed by atoms with E-state index in [1.54, 1.807) is 25.1 Å². The third kappa shape index (κ3) is 4.66. The number of hydrazine groups is 1. The third-order valence-corrected chi connectivity index (χ3v) is 5.34. The van der Waals surface area contributed by atoms with Gasteiger partial charge in [-0.2, -0.15) is 13.2 Å². The number of benzene rings is 2. The molecule has 0 bridgehead atoms. The first-order chi connectivity index (χ1) is 13.7. The smallest absolute Gasteiger partial charge is 0.416 e. The fraction of sp³-hybridized carbons (Fsp3) is 0.158. The summed E-state index contributed by atoms with van der Waals surface area (Å²) in [5, 5.41) is 3.23. The van der Waals surface area contributed by atoms with E-state index in [-0.39, 0.29) is 12.3 Å². The minimum Gasteiger partial charge on any atom is -0.484 e. The van der Waals surface area contributed by atoms with Crippen molar-refractivity contribution in [3.63, 3.8) is 0 Å². The maximum atomic E-state index is 12.7. The Morgan fingerprint density at radius 2 is 1.93 bits per heavy atom. The number of anilines is 1. The van der Waals surface area contributed by atoms with E-state index in [9.17, 15) is 22.8 Å². The molecule has 0 fully saturated rings. The van der Waals surface area contributed by atoms with Crippen LogP contribution in [-0.2, 0) is 11.0 Å². The molecule has 2 aromatic carbocycles. The Hall–Kier alpha value is -3.11. The van der Waals surface area contributed by atoms with Crippen LogP contribution in [0, 0.1) is 6.92 Å². The van der Waals surface area contributed by atoms with E-state index in [0.717, 1.165) is 27.8 Å². The number of hydrogen-bond donors (Lipinski definition) is 3. The molecule has 4 N–H and O–H groups in total. The Morgan fingerprint density at radius 1 is 1.17 bits per heavy atom. The maximum Gasteiger partial charge on any atom is 0.416 e. The van der Waals surface area contributed by atoms with Crippen LogP contribution in [0.15, 0.2) is 42.5 Å². The number of carbonyl (C=O) groups is 2. The molecule has 0 aliphatic heterocycles. The number of fused-ring (bicyclic) bond motifs is 1. The lowest BCUT2D eigenvalue weighted by molar-refractivity contribution is -0.137. The molecule has 1 aromatic heterocycles. The van der Waals surface area contributed by atoms with Gasteiger partial charge in [-0.1, -0.05) is 6.07 Å². The number of carbonyl (C=O) groups excluding carboxylic acids is 2. The fourth-order valence-electron chi connectivity index (χ4n) is 2.70.